The van der Waals surface area contributed by atoms with Gasteiger partial charge in [0.1, 0.15) is 11.0 Å². The van der Waals surface area contributed by atoms with E-state index in [0.717, 1.165) is 0 Å². The molecule has 0 fully saturated rings. The number of hydrogen-bond donors (Lipinski definition) is 1. The highest BCUT2D eigenvalue weighted by Crippen LogP contribution is 2.35. The maximum atomic E-state index is 12.0. The van der Waals surface area contributed by atoms with Crippen molar-refractivity contribution in [2.24, 2.45) is 0 Å². The zero-order valence-electron chi connectivity index (χ0n) is 8.19. The van der Waals surface area contributed by atoms with Gasteiger partial charge in [-0.2, -0.15) is 5.26 Å². The van der Waals surface area contributed by atoms with Crippen LogP contribution in [0, 0.1) is 11.3 Å². The minimum atomic E-state index is -5.09. The van der Waals surface area contributed by atoms with Crippen LogP contribution < -0.4 is 10.5 Å². The monoisotopic (exact) mass is 301 g/mol. The van der Waals surface area contributed by atoms with Crippen LogP contribution in [0.3, 0.4) is 0 Å². The molecule has 0 aromatic carbocycles. The summed E-state index contributed by atoms with van der Waals surface area (Å²) in [4.78, 5) is 2.16. The standard InChI is InChI=1S/C7H3ClF3N3O3S/c8-18(15,16)6-3(1-12)14-2-4(5(6)13)17-7(9,10)11/h2H,(H2,13,14). The molecule has 0 saturated heterocycles. The Balaban J connectivity index is 3.51. The largest absolute Gasteiger partial charge is 0.573 e. The Kier molecular flexibility index (Phi) is 3.59. The van der Waals surface area contributed by atoms with E-state index in [1.54, 1.807) is 0 Å². The number of alkyl halides is 3. The Morgan fingerprint density at radius 2 is 2.06 bits per heavy atom. The van der Waals surface area contributed by atoms with Crippen LogP contribution in [-0.2, 0) is 9.05 Å². The fourth-order valence-corrected chi connectivity index (χ4v) is 2.18. The van der Waals surface area contributed by atoms with Gasteiger partial charge in [0.2, 0.25) is 0 Å². The second-order valence-electron chi connectivity index (χ2n) is 2.81. The van der Waals surface area contributed by atoms with E-state index in [1.807, 2.05) is 0 Å². The smallest absolute Gasteiger partial charge is 0.402 e. The van der Waals surface area contributed by atoms with Crippen molar-refractivity contribution >= 4 is 25.4 Å². The minimum absolute atomic E-state index is 0.479. The molecule has 6 nitrogen and oxygen atoms in total. The summed E-state index contributed by atoms with van der Waals surface area (Å²) < 4.78 is 61.6. The van der Waals surface area contributed by atoms with Gasteiger partial charge >= 0.3 is 6.36 Å². The van der Waals surface area contributed by atoms with Gasteiger partial charge in [0.25, 0.3) is 9.05 Å². The molecule has 0 saturated carbocycles. The maximum Gasteiger partial charge on any atom is 0.573 e. The van der Waals surface area contributed by atoms with Crippen LogP contribution in [-0.4, -0.2) is 19.8 Å². The van der Waals surface area contributed by atoms with E-state index in [1.165, 1.54) is 6.07 Å². The molecule has 0 unspecified atom stereocenters. The van der Waals surface area contributed by atoms with Gasteiger partial charge in [0.15, 0.2) is 11.4 Å². The highest BCUT2D eigenvalue weighted by Gasteiger charge is 2.34. The van der Waals surface area contributed by atoms with E-state index >= 15 is 0 Å². The molecule has 2 N–H and O–H groups in total. The van der Waals surface area contributed by atoms with Gasteiger partial charge < -0.3 is 10.5 Å². The van der Waals surface area contributed by atoms with Crippen LogP contribution in [0.25, 0.3) is 0 Å². The first-order valence-electron chi connectivity index (χ1n) is 3.95. The molecule has 0 radical (unpaired) electrons. The third-order valence-corrected chi connectivity index (χ3v) is 2.98. The quantitative estimate of drug-likeness (QED) is 0.827. The molecule has 18 heavy (non-hydrogen) atoms. The van der Waals surface area contributed by atoms with Crippen LogP contribution in [0.5, 0.6) is 5.75 Å². The van der Waals surface area contributed by atoms with Crippen molar-refractivity contribution in [1.29, 1.82) is 5.26 Å². The number of anilines is 1. The second kappa shape index (κ2) is 4.51. The Morgan fingerprint density at radius 1 is 1.50 bits per heavy atom. The summed E-state index contributed by atoms with van der Waals surface area (Å²) in [7, 11) is 0.416. The SMILES string of the molecule is N#Cc1ncc(OC(F)(F)F)c(N)c1S(=O)(=O)Cl. The number of nitrogen functional groups attached to an aromatic ring is 1. The molecule has 1 aromatic heterocycles. The first-order valence-corrected chi connectivity index (χ1v) is 6.26. The van der Waals surface area contributed by atoms with Gasteiger partial charge in [-0.05, 0) is 0 Å². The Bertz CT molecular complexity index is 623. The molecule has 1 rings (SSSR count). The lowest BCUT2D eigenvalue weighted by Gasteiger charge is -2.12. The number of rotatable bonds is 2. The summed E-state index contributed by atoms with van der Waals surface area (Å²) in [6, 6.07) is 1.34. The number of pyridine rings is 1. The van der Waals surface area contributed by atoms with Crippen LogP contribution in [0.2, 0.25) is 0 Å². The summed E-state index contributed by atoms with van der Waals surface area (Å²) in [6.45, 7) is 0. The van der Waals surface area contributed by atoms with E-state index in [9.17, 15) is 21.6 Å². The van der Waals surface area contributed by atoms with Gasteiger partial charge in [-0.1, -0.05) is 0 Å². The molecule has 11 heteroatoms. The lowest BCUT2D eigenvalue weighted by Crippen LogP contribution is -2.19. The van der Waals surface area contributed by atoms with Gasteiger partial charge in [0, 0.05) is 10.7 Å². The minimum Gasteiger partial charge on any atom is -0.402 e. The lowest BCUT2D eigenvalue weighted by molar-refractivity contribution is -0.274. The van der Waals surface area contributed by atoms with Crippen molar-refractivity contribution < 1.29 is 26.3 Å². The van der Waals surface area contributed by atoms with Crippen molar-refractivity contribution in [3.63, 3.8) is 0 Å². The summed E-state index contributed by atoms with van der Waals surface area (Å²) in [5, 5.41) is 8.58. The fraction of sp³-hybridized carbons (Fsp3) is 0.143. The van der Waals surface area contributed by atoms with E-state index in [-0.39, 0.29) is 0 Å². The number of ether oxygens (including phenoxy) is 1. The van der Waals surface area contributed by atoms with Crippen molar-refractivity contribution in [3.05, 3.63) is 11.9 Å². The summed E-state index contributed by atoms with van der Waals surface area (Å²) >= 11 is 0. The molecule has 98 valence electrons. The maximum absolute atomic E-state index is 12.0. The van der Waals surface area contributed by atoms with Crippen LogP contribution in [0.1, 0.15) is 5.69 Å². The average molecular weight is 302 g/mol. The van der Waals surface area contributed by atoms with Crippen LogP contribution >= 0.6 is 10.7 Å². The second-order valence-corrected chi connectivity index (χ2v) is 5.31. The fourth-order valence-electron chi connectivity index (χ4n) is 1.02. The number of nitrogens with two attached hydrogens (primary N) is 1. The number of nitriles is 1. The normalized spacial score (nSPS) is 11.9. The van der Waals surface area contributed by atoms with Crippen LogP contribution in [0.4, 0.5) is 18.9 Å². The van der Waals surface area contributed by atoms with Crippen molar-refractivity contribution in [2.45, 2.75) is 11.3 Å². The van der Waals surface area contributed by atoms with Crippen LogP contribution in [0.15, 0.2) is 11.1 Å². The molecule has 1 aromatic rings. The van der Waals surface area contributed by atoms with Gasteiger partial charge in [-0.25, -0.2) is 13.4 Å². The zero-order chi connectivity index (χ0) is 14.1. The highest BCUT2D eigenvalue weighted by molar-refractivity contribution is 8.14. The van der Waals surface area contributed by atoms with Crippen molar-refractivity contribution in [2.75, 3.05) is 5.73 Å². The van der Waals surface area contributed by atoms with E-state index in [4.69, 9.17) is 21.7 Å². The summed E-state index contributed by atoms with van der Waals surface area (Å²) in [5.41, 5.74) is 3.51. The number of aromatic nitrogens is 1. The molecular formula is C7H3ClF3N3O3S. The Hall–Kier alpha value is -1.73. The topological polar surface area (TPSA) is 106 Å². The summed E-state index contributed by atoms with van der Waals surface area (Å²) in [6.07, 6.45) is -4.61. The molecular weight excluding hydrogens is 299 g/mol. The molecule has 0 aliphatic heterocycles. The molecule has 0 spiro atoms. The number of hydrogen-bond acceptors (Lipinski definition) is 6. The molecule has 0 bridgehead atoms. The van der Waals surface area contributed by atoms with E-state index < -0.39 is 37.4 Å². The predicted molar refractivity (Wildman–Crippen MR) is 53.1 cm³/mol. The third-order valence-electron chi connectivity index (χ3n) is 1.61. The molecule has 0 aliphatic carbocycles. The highest BCUT2D eigenvalue weighted by atomic mass is 35.7. The molecule has 0 aliphatic rings. The molecule has 0 atom stereocenters. The van der Waals surface area contributed by atoms with E-state index in [0.29, 0.717) is 6.20 Å². The van der Waals surface area contributed by atoms with Gasteiger partial charge in [-0.3, -0.25) is 0 Å². The zero-order valence-corrected chi connectivity index (χ0v) is 9.77. The first-order chi connectivity index (χ1) is 8.06. The number of nitrogens with zero attached hydrogens (tertiary/aromatic N) is 2. The first kappa shape index (κ1) is 14.3. The van der Waals surface area contributed by atoms with Gasteiger partial charge in [-0.15, -0.1) is 13.2 Å². The van der Waals surface area contributed by atoms with Crippen molar-refractivity contribution in [3.8, 4) is 11.8 Å². The summed E-state index contributed by atoms with van der Waals surface area (Å²) in [5.74, 6) is -1.05. The van der Waals surface area contributed by atoms with Gasteiger partial charge in [0.05, 0.1) is 11.9 Å². The number of halogens is 4. The van der Waals surface area contributed by atoms with E-state index in [2.05, 4.69) is 9.72 Å². The molecule has 1 heterocycles. The molecule has 0 amide bonds. The average Bonchev–Trinajstić information content (AvgIpc) is 2.16. The lowest BCUT2D eigenvalue weighted by atomic mass is 10.3. The predicted octanol–water partition coefficient (Wildman–Crippen LogP) is 1.36. The Labute approximate surface area is 103 Å². The van der Waals surface area contributed by atoms with Crippen molar-refractivity contribution in [1.82, 2.24) is 4.98 Å². The Morgan fingerprint density at radius 3 is 2.44 bits per heavy atom. The third kappa shape index (κ3) is 3.14.